The summed E-state index contributed by atoms with van der Waals surface area (Å²) in [4.78, 5) is 14.3. The van der Waals surface area contributed by atoms with Crippen molar-refractivity contribution in [3.8, 4) is 0 Å². The smallest absolute Gasteiger partial charge is 0.240 e. The minimum atomic E-state index is -4.03. The first-order valence-corrected chi connectivity index (χ1v) is 11.8. The maximum atomic E-state index is 13.3. The van der Waals surface area contributed by atoms with Crippen molar-refractivity contribution in [1.82, 2.24) is 14.9 Å². The fourth-order valence-electron chi connectivity index (χ4n) is 3.62. The quantitative estimate of drug-likeness (QED) is 0.615. The zero-order chi connectivity index (χ0) is 22.4. The fraction of sp³-hybridized carbons (Fsp3) is 0.409. The summed E-state index contributed by atoms with van der Waals surface area (Å²) in [5, 5.41) is 2.89. The number of sulfonamides is 1. The van der Waals surface area contributed by atoms with Crippen LogP contribution < -0.4 is 10.0 Å². The molecule has 1 atom stereocenters. The molecule has 0 bridgehead atoms. The predicted octanol–water partition coefficient (Wildman–Crippen LogP) is 2.89. The van der Waals surface area contributed by atoms with E-state index < -0.39 is 21.7 Å². The highest BCUT2D eigenvalue weighted by Crippen LogP contribution is 2.25. The third-order valence-electron chi connectivity index (χ3n) is 5.38. The normalized spacial score (nSPS) is 15.7. The number of aryl methyl sites for hydroxylation is 1. The summed E-state index contributed by atoms with van der Waals surface area (Å²) in [6, 6.07) is 10.6. The monoisotopic (exact) mass is 451 g/mol. The van der Waals surface area contributed by atoms with Gasteiger partial charge in [0.15, 0.2) is 11.6 Å². The van der Waals surface area contributed by atoms with Gasteiger partial charge in [-0.3, -0.25) is 9.69 Å². The van der Waals surface area contributed by atoms with E-state index in [-0.39, 0.29) is 29.8 Å². The minimum absolute atomic E-state index is 0.0610. The standard InChI is InChI=1S/C22H27F2N3O3S/c1-16-4-6-17(7-5-16)21(27-12-2-3-13-27)15-25-22(28)10-11-26-31(29,30)18-8-9-19(23)20(24)14-18/h4-9,14,21,26H,2-3,10-13,15H2,1H3,(H,25,28). The number of hydrogen-bond donors (Lipinski definition) is 2. The average Bonchev–Trinajstić information content (AvgIpc) is 3.26. The number of nitrogens with zero attached hydrogens (tertiary/aromatic N) is 1. The second kappa shape index (κ2) is 10.3. The molecule has 1 aliphatic rings. The third kappa shape index (κ3) is 6.32. The molecule has 0 saturated carbocycles. The molecular formula is C22H27F2N3O3S. The van der Waals surface area contributed by atoms with E-state index in [9.17, 15) is 22.0 Å². The van der Waals surface area contributed by atoms with E-state index >= 15 is 0 Å². The van der Waals surface area contributed by atoms with Crippen LogP contribution in [0.25, 0.3) is 0 Å². The lowest BCUT2D eigenvalue weighted by Crippen LogP contribution is -2.38. The molecule has 1 unspecified atom stereocenters. The zero-order valence-corrected chi connectivity index (χ0v) is 18.2. The molecule has 31 heavy (non-hydrogen) atoms. The lowest BCUT2D eigenvalue weighted by atomic mass is 10.0. The fourth-order valence-corrected chi connectivity index (χ4v) is 4.67. The summed E-state index contributed by atoms with van der Waals surface area (Å²) in [6.07, 6.45) is 2.19. The van der Waals surface area contributed by atoms with Crippen molar-refractivity contribution < 1.29 is 22.0 Å². The summed E-state index contributed by atoms with van der Waals surface area (Å²) in [6.45, 7) is 4.26. The van der Waals surface area contributed by atoms with Crippen molar-refractivity contribution in [1.29, 1.82) is 0 Å². The van der Waals surface area contributed by atoms with E-state index in [0.717, 1.165) is 43.6 Å². The van der Waals surface area contributed by atoms with E-state index in [1.165, 1.54) is 5.56 Å². The number of hydrogen-bond acceptors (Lipinski definition) is 4. The number of halogens is 2. The van der Waals surface area contributed by atoms with Gasteiger partial charge in [-0.2, -0.15) is 0 Å². The van der Waals surface area contributed by atoms with Gasteiger partial charge in [-0.05, 0) is 56.6 Å². The van der Waals surface area contributed by atoms with Gasteiger partial charge in [-0.25, -0.2) is 21.9 Å². The van der Waals surface area contributed by atoms with Crippen LogP contribution in [0.1, 0.15) is 36.4 Å². The van der Waals surface area contributed by atoms with Crippen molar-refractivity contribution in [3.63, 3.8) is 0 Å². The molecule has 0 radical (unpaired) electrons. The lowest BCUT2D eigenvalue weighted by Gasteiger charge is -2.28. The molecule has 1 amide bonds. The molecule has 1 saturated heterocycles. The lowest BCUT2D eigenvalue weighted by molar-refractivity contribution is -0.121. The molecule has 0 aliphatic carbocycles. The molecule has 2 aromatic carbocycles. The molecule has 1 aliphatic heterocycles. The van der Waals surface area contributed by atoms with Gasteiger partial charge in [-0.1, -0.05) is 29.8 Å². The van der Waals surface area contributed by atoms with Crippen molar-refractivity contribution >= 4 is 15.9 Å². The highest BCUT2D eigenvalue weighted by molar-refractivity contribution is 7.89. The van der Waals surface area contributed by atoms with Crippen molar-refractivity contribution in [3.05, 3.63) is 65.2 Å². The van der Waals surface area contributed by atoms with Crippen LogP contribution in [-0.4, -0.2) is 45.4 Å². The number of carbonyl (C=O) groups is 1. The summed E-state index contributed by atoms with van der Waals surface area (Å²) in [7, 11) is -4.03. The molecule has 168 valence electrons. The van der Waals surface area contributed by atoms with Crippen molar-refractivity contribution in [2.24, 2.45) is 0 Å². The Morgan fingerprint density at radius 1 is 1.06 bits per heavy atom. The molecule has 1 fully saturated rings. The molecule has 1 heterocycles. The van der Waals surface area contributed by atoms with Gasteiger partial charge in [-0.15, -0.1) is 0 Å². The second-order valence-corrected chi connectivity index (χ2v) is 9.46. The van der Waals surface area contributed by atoms with Gasteiger partial charge >= 0.3 is 0 Å². The van der Waals surface area contributed by atoms with Gasteiger partial charge in [0, 0.05) is 19.5 Å². The first-order valence-electron chi connectivity index (χ1n) is 10.3. The van der Waals surface area contributed by atoms with E-state index in [1.807, 2.05) is 19.1 Å². The molecule has 0 spiro atoms. The van der Waals surface area contributed by atoms with Gasteiger partial charge in [0.05, 0.1) is 10.9 Å². The maximum absolute atomic E-state index is 13.3. The molecule has 2 aromatic rings. The van der Waals surface area contributed by atoms with Gasteiger partial charge in [0.2, 0.25) is 15.9 Å². The van der Waals surface area contributed by atoms with Crippen LogP contribution in [-0.2, 0) is 14.8 Å². The Kier molecular flexibility index (Phi) is 7.74. The Labute approximate surface area is 181 Å². The number of benzene rings is 2. The second-order valence-electron chi connectivity index (χ2n) is 7.70. The van der Waals surface area contributed by atoms with Crippen LogP contribution in [0.5, 0.6) is 0 Å². The summed E-state index contributed by atoms with van der Waals surface area (Å²) in [5.41, 5.74) is 2.30. The Hall–Kier alpha value is -2.36. The Morgan fingerprint density at radius 3 is 2.39 bits per heavy atom. The molecule has 0 aromatic heterocycles. The van der Waals surface area contributed by atoms with E-state index in [4.69, 9.17) is 0 Å². The van der Waals surface area contributed by atoms with Crippen LogP contribution in [0.2, 0.25) is 0 Å². The Morgan fingerprint density at radius 2 is 1.74 bits per heavy atom. The van der Waals surface area contributed by atoms with Crippen LogP contribution in [0, 0.1) is 18.6 Å². The molecule has 6 nitrogen and oxygen atoms in total. The maximum Gasteiger partial charge on any atom is 0.240 e. The van der Waals surface area contributed by atoms with E-state index in [2.05, 4.69) is 27.1 Å². The van der Waals surface area contributed by atoms with Crippen LogP contribution in [0.3, 0.4) is 0 Å². The first kappa shape index (κ1) is 23.3. The van der Waals surface area contributed by atoms with Crippen molar-refractivity contribution in [2.75, 3.05) is 26.2 Å². The van der Waals surface area contributed by atoms with Gasteiger partial charge in [0.25, 0.3) is 0 Å². The van der Waals surface area contributed by atoms with Gasteiger partial charge in [0.1, 0.15) is 0 Å². The summed E-state index contributed by atoms with van der Waals surface area (Å²) >= 11 is 0. The SMILES string of the molecule is Cc1ccc(C(CNC(=O)CCNS(=O)(=O)c2ccc(F)c(F)c2)N2CCCC2)cc1. The summed E-state index contributed by atoms with van der Waals surface area (Å²) in [5.74, 6) is -2.66. The Balaban J connectivity index is 1.53. The van der Waals surface area contributed by atoms with Crippen molar-refractivity contribution in [2.45, 2.75) is 37.1 Å². The number of carbonyl (C=O) groups excluding carboxylic acids is 1. The summed E-state index contributed by atoms with van der Waals surface area (Å²) < 4.78 is 52.9. The molecule has 9 heteroatoms. The van der Waals surface area contributed by atoms with Crippen LogP contribution in [0.15, 0.2) is 47.4 Å². The topological polar surface area (TPSA) is 78.5 Å². The zero-order valence-electron chi connectivity index (χ0n) is 17.4. The number of nitrogens with one attached hydrogen (secondary N) is 2. The minimum Gasteiger partial charge on any atom is -0.354 e. The average molecular weight is 452 g/mol. The highest BCUT2D eigenvalue weighted by Gasteiger charge is 2.24. The highest BCUT2D eigenvalue weighted by atomic mass is 32.2. The molecular weight excluding hydrogens is 424 g/mol. The van der Waals surface area contributed by atoms with Crippen LogP contribution in [0.4, 0.5) is 8.78 Å². The molecule has 2 N–H and O–H groups in total. The largest absolute Gasteiger partial charge is 0.354 e. The third-order valence-corrected chi connectivity index (χ3v) is 6.84. The number of likely N-dealkylation sites (tertiary alicyclic amines) is 1. The number of rotatable bonds is 9. The Bertz CT molecular complexity index is 1010. The van der Waals surface area contributed by atoms with E-state index in [1.54, 1.807) is 0 Å². The van der Waals surface area contributed by atoms with E-state index in [0.29, 0.717) is 12.6 Å². The first-order chi connectivity index (χ1) is 14.8. The predicted molar refractivity (Wildman–Crippen MR) is 114 cm³/mol. The molecule has 3 rings (SSSR count). The number of amides is 1. The van der Waals surface area contributed by atoms with Crippen LogP contribution >= 0.6 is 0 Å². The van der Waals surface area contributed by atoms with Gasteiger partial charge < -0.3 is 5.32 Å².